The van der Waals surface area contributed by atoms with Crippen LogP contribution >= 0.6 is 15.9 Å². The SMILES string of the molecule is FC1(F)Oc2cccc(NCC3CC3)c2C(Br)O1. The van der Waals surface area contributed by atoms with Crippen molar-refractivity contribution in [1.29, 1.82) is 0 Å². The Morgan fingerprint density at radius 2 is 2.17 bits per heavy atom. The van der Waals surface area contributed by atoms with Gasteiger partial charge >= 0.3 is 6.29 Å². The fraction of sp³-hybridized carbons (Fsp3) is 0.500. The minimum absolute atomic E-state index is 0.147. The first-order valence-electron chi connectivity index (χ1n) is 5.81. The topological polar surface area (TPSA) is 30.5 Å². The second-order valence-electron chi connectivity index (χ2n) is 4.54. The van der Waals surface area contributed by atoms with Gasteiger partial charge in [-0.05, 0) is 30.9 Å². The predicted molar refractivity (Wildman–Crippen MR) is 66.0 cm³/mol. The van der Waals surface area contributed by atoms with E-state index >= 15 is 0 Å². The summed E-state index contributed by atoms with van der Waals surface area (Å²) in [5.74, 6) is 0.843. The number of nitrogens with one attached hydrogen (secondary N) is 1. The second-order valence-corrected chi connectivity index (χ2v) is 5.37. The van der Waals surface area contributed by atoms with E-state index in [0.717, 1.165) is 12.2 Å². The molecule has 0 spiro atoms. The van der Waals surface area contributed by atoms with Crippen LogP contribution in [0.1, 0.15) is 23.4 Å². The normalized spacial score (nSPS) is 25.2. The molecule has 0 amide bonds. The van der Waals surface area contributed by atoms with Crippen LogP contribution < -0.4 is 10.1 Å². The molecule has 6 heteroatoms. The summed E-state index contributed by atoms with van der Waals surface area (Å²) >= 11 is 3.11. The highest BCUT2D eigenvalue weighted by molar-refractivity contribution is 9.09. The molecule has 1 fully saturated rings. The van der Waals surface area contributed by atoms with Gasteiger partial charge in [0.15, 0.2) is 5.01 Å². The lowest BCUT2D eigenvalue weighted by molar-refractivity contribution is -0.368. The van der Waals surface area contributed by atoms with Gasteiger partial charge in [0.25, 0.3) is 0 Å². The van der Waals surface area contributed by atoms with Crippen molar-refractivity contribution in [2.24, 2.45) is 5.92 Å². The summed E-state index contributed by atoms with van der Waals surface area (Å²) in [6, 6.07) is 5.04. The Labute approximate surface area is 112 Å². The number of alkyl halides is 3. The molecule has 98 valence electrons. The van der Waals surface area contributed by atoms with Crippen molar-refractivity contribution in [1.82, 2.24) is 0 Å². The molecule has 0 aromatic heterocycles. The van der Waals surface area contributed by atoms with Gasteiger partial charge in [-0.1, -0.05) is 22.0 Å². The van der Waals surface area contributed by atoms with E-state index in [1.54, 1.807) is 6.07 Å². The first-order chi connectivity index (χ1) is 8.55. The molecule has 1 heterocycles. The monoisotopic (exact) mass is 319 g/mol. The maximum atomic E-state index is 13.1. The number of anilines is 1. The van der Waals surface area contributed by atoms with Gasteiger partial charge in [0.1, 0.15) is 5.75 Å². The maximum Gasteiger partial charge on any atom is 0.536 e. The molecule has 1 saturated carbocycles. The highest BCUT2D eigenvalue weighted by atomic mass is 79.9. The molecular weight excluding hydrogens is 308 g/mol. The van der Waals surface area contributed by atoms with Gasteiger partial charge in [-0.3, -0.25) is 4.74 Å². The first-order valence-corrected chi connectivity index (χ1v) is 6.72. The van der Waals surface area contributed by atoms with Gasteiger partial charge in [-0.25, -0.2) is 0 Å². The summed E-state index contributed by atoms with van der Waals surface area (Å²) in [7, 11) is 0. The van der Waals surface area contributed by atoms with Crippen LogP contribution in [0.3, 0.4) is 0 Å². The highest BCUT2D eigenvalue weighted by Crippen LogP contribution is 2.46. The number of ether oxygens (including phenoxy) is 2. The molecule has 3 nitrogen and oxygen atoms in total. The van der Waals surface area contributed by atoms with E-state index in [9.17, 15) is 8.78 Å². The van der Waals surface area contributed by atoms with E-state index in [-0.39, 0.29) is 5.75 Å². The summed E-state index contributed by atoms with van der Waals surface area (Å²) in [4.78, 5) is 0. The molecule has 1 atom stereocenters. The van der Waals surface area contributed by atoms with Crippen molar-refractivity contribution in [3.8, 4) is 5.75 Å². The third-order valence-electron chi connectivity index (χ3n) is 3.04. The molecule has 1 aliphatic heterocycles. The summed E-state index contributed by atoms with van der Waals surface area (Å²) in [5.41, 5.74) is 1.36. The van der Waals surface area contributed by atoms with Gasteiger partial charge in [0, 0.05) is 12.2 Å². The average molecular weight is 320 g/mol. The van der Waals surface area contributed by atoms with E-state index < -0.39 is 11.3 Å². The number of fused-ring (bicyclic) bond motifs is 1. The van der Waals surface area contributed by atoms with Crippen molar-refractivity contribution in [2.75, 3.05) is 11.9 Å². The molecule has 3 rings (SSSR count). The van der Waals surface area contributed by atoms with Gasteiger partial charge in [-0.2, -0.15) is 0 Å². The number of hydrogen-bond acceptors (Lipinski definition) is 3. The second kappa shape index (κ2) is 4.35. The summed E-state index contributed by atoms with van der Waals surface area (Å²) in [5, 5.41) is 2.38. The Kier molecular flexibility index (Phi) is 2.94. The molecular formula is C12H12BrF2NO2. The smallest absolute Gasteiger partial charge is 0.409 e. The van der Waals surface area contributed by atoms with Crippen molar-refractivity contribution in [3.05, 3.63) is 23.8 Å². The van der Waals surface area contributed by atoms with Crippen LogP contribution in [0.25, 0.3) is 0 Å². The third kappa shape index (κ3) is 2.44. The average Bonchev–Trinajstić information content (AvgIpc) is 3.07. The van der Waals surface area contributed by atoms with Crippen molar-refractivity contribution >= 4 is 21.6 Å². The lowest BCUT2D eigenvalue weighted by Gasteiger charge is -2.30. The fourth-order valence-electron chi connectivity index (χ4n) is 1.93. The number of halogens is 3. The van der Waals surface area contributed by atoms with E-state index in [1.807, 2.05) is 6.07 Å². The Hall–Kier alpha value is -0.880. The van der Waals surface area contributed by atoms with Gasteiger partial charge in [0.05, 0.1) is 5.56 Å². The minimum Gasteiger partial charge on any atom is -0.409 e. The van der Waals surface area contributed by atoms with Crippen LogP contribution in [0.15, 0.2) is 18.2 Å². The number of hydrogen-bond donors (Lipinski definition) is 1. The largest absolute Gasteiger partial charge is 0.536 e. The van der Waals surface area contributed by atoms with Crippen molar-refractivity contribution < 1.29 is 18.3 Å². The molecule has 1 aliphatic carbocycles. The van der Waals surface area contributed by atoms with Crippen LogP contribution in [-0.2, 0) is 4.74 Å². The van der Waals surface area contributed by atoms with Crippen LogP contribution in [-0.4, -0.2) is 12.8 Å². The fourth-order valence-corrected chi connectivity index (χ4v) is 2.62. The highest BCUT2D eigenvalue weighted by Gasteiger charge is 2.43. The van der Waals surface area contributed by atoms with E-state index in [0.29, 0.717) is 11.5 Å². The lowest BCUT2D eigenvalue weighted by Crippen LogP contribution is -2.33. The van der Waals surface area contributed by atoms with E-state index in [4.69, 9.17) is 0 Å². The summed E-state index contributed by atoms with van der Waals surface area (Å²) in [6.07, 6.45) is -1.13. The Bertz CT molecular complexity index is 465. The van der Waals surface area contributed by atoms with Crippen molar-refractivity contribution in [2.45, 2.75) is 24.1 Å². The van der Waals surface area contributed by atoms with E-state index in [2.05, 4.69) is 30.7 Å². The molecule has 0 bridgehead atoms. The summed E-state index contributed by atoms with van der Waals surface area (Å²) < 4.78 is 35.2. The third-order valence-corrected chi connectivity index (χ3v) is 3.69. The lowest BCUT2D eigenvalue weighted by atomic mass is 10.1. The molecule has 18 heavy (non-hydrogen) atoms. The molecule has 1 aromatic rings. The molecule has 1 N–H and O–H groups in total. The zero-order valence-electron chi connectivity index (χ0n) is 9.46. The maximum absolute atomic E-state index is 13.1. The molecule has 0 radical (unpaired) electrons. The van der Waals surface area contributed by atoms with E-state index in [1.165, 1.54) is 18.9 Å². The van der Waals surface area contributed by atoms with Crippen LogP contribution in [0.2, 0.25) is 0 Å². The van der Waals surface area contributed by atoms with Crippen LogP contribution in [0.5, 0.6) is 5.75 Å². The number of benzene rings is 1. The Morgan fingerprint density at radius 1 is 1.39 bits per heavy atom. The molecule has 1 unspecified atom stereocenters. The Morgan fingerprint density at radius 3 is 2.89 bits per heavy atom. The standard InChI is InChI=1S/C12H12BrF2NO2/c13-11-10-8(16-6-7-4-5-7)2-1-3-9(10)17-12(14,15)18-11/h1-3,7,11,16H,4-6H2. The molecule has 2 aliphatic rings. The first kappa shape index (κ1) is 12.2. The zero-order valence-corrected chi connectivity index (χ0v) is 11.0. The van der Waals surface area contributed by atoms with Gasteiger partial charge in [0.2, 0.25) is 0 Å². The minimum atomic E-state index is -3.59. The predicted octanol–water partition coefficient (Wildman–Crippen LogP) is 3.86. The molecule has 1 aromatic carbocycles. The number of rotatable bonds is 3. The summed E-state index contributed by atoms with van der Waals surface area (Å²) in [6.45, 7) is 0.854. The van der Waals surface area contributed by atoms with Gasteiger partial charge in [-0.15, -0.1) is 8.78 Å². The van der Waals surface area contributed by atoms with Crippen LogP contribution in [0, 0.1) is 5.92 Å². The van der Waals surface area contributed by atoms with Gasteiger partial charge < -0.3 is 10.1 Å². The quantitative estimate of drug-likeness (QED) is 0.858. The zero-order chi connectivity index (χ0) is 12.8. The molecule has 0 saturated heterocycles. The van der Waals surface area contributed by atoms with Crippen molar-refractivity contribution in [3.63, 3.8) is 0 Å². The Balaban J connectivity index is 1.87. The van der Waals surface area contributed by atoms with Crippen LogP contribution in [0.4, 0.5) is 14.5 Å².